The molecule has 1 fully saturated rings. The summed E-state index contributed by atoms with van der Waals surface area (Å²) in [5.41, 5.74) is -0.349. The molecule has 0 saturated carbocycles. The van der Waals surface area contributed by atoms with E-state index >= 15 is 0 Å². The van der Waals surface area contributed by atoms with E-state index in [4.69, 9.17) is 9.84 Å². The minimum Gasteiger partial charge on any atom is -0.478 e. The Kier molecular flexibility index (Phi) is 4.11. The first-order valence-electron chi connectivity index (χ1n) is 6.17. The Morgan fingerprint density at radius 1 is 1.60 bits per heavy atom. The summed E-state index contributed by atoms with van der Waals surface area (Å²) in [7, 11) is -2.37. The molecule has 0 bridgehead atoms. The van der Waals surface area contributed by atoms with Crippen molar-refractivity contribution in [2.45, 2.75) is 24.5 Å². The number of nitrogens with one attached hydrogen (secondary N) is 1. The lowest BCUT2D eigenvalue weighted by Gasteiger charge is -2.35. The van der Waals surface area contributed by atoms with Crippen molar-refractivity contribution in [3.8, 4) is 0 Å². The standard InChI is InChI=1S/C11H17N3O5S/c1-7-3-4-14(6-9(7)19-2)20(17,18)10-8(11(15)16)5-12-13-10/h5,7,9H,3-4,6H2,1-2H3,(H,12,13)(H,15,16). The number of ether oxygens (including phenoxy) is 1. The Bertz CT molecular complexity index is 597. The van der Waals surface area contributed by atoms with Crippen LogP contribution in [0.5, 0.6) is 0 Å². The van der Waals surface area contributed by atoms with Gasteiger partial charge in [0.05, 0.1) is 12.3 Å². The van der Waals surface area contributed by atoms with Crippen LogP contribution in [0, 0.1) is 5.92 Å². The van der Waals surface area contributed by atoms with Crippen molar-refractivity contribution in [3.05, 3.63) is 11.8 Å². The summed E-state index contributed by atoms with van der Waals surface area (Å²) < 4.78 is 31.5. The van der Waals surface area contributed by atoms with Crippen LogP contribution in [-0.4, -0.2) is 60.3 Å². The summed E-state index contributed by atoms with van der Waals surface area (Å²) in [6, 6.07) is 0. The second-order valence-corrected chi connectivity index (χ2v) is 6.70. The highest BCUT2D eigenvalue weighted by Crippen LogP contribution is 2.25. The van der Waals surface area contributed by atoms with Crippen LogP contribution >= 0.6 is 0 Å². The van der Waals surface area contributed by atoms with Crippen molar-refractivity contribution in [2.75, 3.05) is 20.2 Å². The number of H-pyrrole nitrogens is 1. The molecule has 1 aromatic rings. The summed E-state index contributed by atoms with van der Waals surface area (Å²) in [4.78, 5) is 11.0. The van der Waals surface area contributed by atoms with Gasteiger partial charge in [0.15, 0.2) is 5.03 Å². The predicted octanol–water partition coefficient (Wildman–Crippen LogP) is 0.153. The van der Waals surface area contributed by atoms with E-state index in [1.54, 1.807) is 0 Å². The number of methoxy groups -OCH3 is 1. The zero-order valence-electron chi connectivity index (χ0n) is 11.2. The summed E-state index contributed by atoms with van der Waals surface area (Å²) in [5, 5.41) is 14.4. The Morgan fingerprint density at radius 2 is 2.30 bits per heavy atom. The SMILES string of the molecule is COC1CN(S(=O)(=O)c2[nH]ncc2C(=O)O)CCC1C. The van der Waals surface area contributed by atoms with E-state index in [0.717, 1.165) is 6.20 Å². The Balaban J connectivity index is 2.31. The third-order valence-electron chi connectivity index (χ3n) is 3.59. The van der Waals surface area contributed by atoms with Gasteiger partial charge in [0.2, 0.25) is 0 Å². The molecule has 0 spiro atoms. The van der Waals surface area contributed by atoms with Crippen LogP contribution in [0.15, 0.2) is 11.2 Å². The van der Waals surface area contributed by atoms with E-state index in [-0.39, 0.29) is 29.2 Å². The number of carboxylic acid groups (broad SMARTS) is 1. The number of hydrogen-bond acceptors (Lipinski definition) is 5. The molecule has 20 heavy (non-hydrogen) atoms. The third-order valence-corrected chi connectivity index (χ3v) is 5.43. The number of sulfonamides is 1. The molecule has 1 saturated heterocycles. The molecule has 0 radical (unpaired) electrons. The van der Waals surface area contributed by atoms with Crippen LogP contribution in [0.2, 0.25) is 0 Å². The van der Waals surface area contributed by atoms with Gasteiger partial charge in [0.1, 0.15) is 5.56 Å². The van der Waals surface area contributed by atoms with Crippen molar-refractivity contribution < 1.29 is 23.1 Å². The maximum absolute atomic E-state index is 12.5. The highest BCUT2D eigenvalue weighted by molar-refractivity contribution is 7.89. The molecule has 2 heterocycles. The second kappa shape index (κ2) is 5.51. The van der Waals surface area contributed by atoms with E-state index in [1.165, 1.54) is 11.4 Å². The van der Waals surface area contributed by atoms with Gasteiger partial charge in [-0.15, -0.1) is 0 Å². The van der Waals surface area contributed by atoms with Crippen LogP contribution in [-0.2, 0) is 14.8 Å². The van der Waals surface area contributed by atoms with Gasteiger partial charge in [0, 0.05) is 20.2 Å². The number of carboxylic acids is 1. The predicted molar refractivity (Wildman–Crippen MR) is 68.9 cm³/mol. The van der Waals surface area contributed by atoms with E-state index in [0.29, 0.717) is 13.0 Å². The van der Waals surface area contributed by atoms with Crippen LogP contribution in [0.4, 0.5) is 0 Å². The van der Waals surface area contributed by atoms with Crippen molar-refractivity contribution >= 4 is 16.0 Å². The van der Waals surface area contributed by atoms with Crippen molar-refractivity contribution in [3.63, 3.8) is 0 Å². The lowest BCUT2D eigenvalue weighted by Crippen LogP contribution is -2.46. The van der Waals surface area contributed by atoms with Gasteiger partial charge in [-0.3, -0.25) is 5.10 Å². The molecule has 2 atom stereocenters. The summed E-state index contributed by atoms with van der Waals surface area (Å²) in [6.07, 6.45) is 1.46. The van der Waals surface area contributed by atoms with Crippen LogP contribution < -0.4 is 0 Å². The Hall–Kier alpha value is -1.45. The Morgan fingerprint density at radius 3 is 2.90 bits per heavy atom. The van der Waals surface area contributed by atoms with E-state index in [1.807, 2.05) is 6.92 Å². The minimum atomic E-state index is -3.91. The fourth-order valence-corrected chi connectivity index (χ4v) is 3.82. The van der Waals surface area contributed by atoms with Crippen LogP contribution in [0.1, 0.15) is 23.7 Å². The fraction of sp³-hybridized carbons (Fsp3) is 0.636. The van der Waals surface area contributed by atoms with Gasteiger partial charge in [-0.05, 0) is 12.3 Å². The molecule has 8 nitrogen and oxygen atoms in total. The largest absolute Gasteiger partial charge is 0.478 e. The highest BCUT2D eigenvalue weighted by atomic mass is 32.2. The van der Waals surface area contributed by atoms with Crippen LogP contribution in [0.3, 0.4) is 0 Å². The van der Waals surface area contributed by atoms with Gasteiger partial charge in [-0.25, -0.2) is 13.2 Å². The number of piperidine rings is 1. The normalized spacial score (nSPS) is 24.7. The van der Waals surface area contributed by atoms with Gasteiger partial charge in [-0.2, -0.15) is 9.40 Å². The molecule has 0 aliphatic carbocycles. The maximum Gasteiger partial charge on any atom is 0.340 e. The fourth-order valence-electron chi connectivity index (χ4n) is 2.28. The number of aromatic amines is 1. The third kappa shape index (κ3) is 2.56. The first-order chi connectivity index (χ1) is 9.37. The average Bonchev–Trinajstić information content (AvgIpc) is 2.89. The molecule has 1 aliphatic heterocycles. The van der Waals surface area contributed by atoms with Gasteiger partial charge in [-0.1, -0.05) is 6.92 Å². The number of aromatic nitrogens is 2. The molecule has 2 unspecified atom stereocenters. The van der Waals surface area contributed by atoms with Gasteiger partial charge < -0.3 is 9.84 Å². The number of carbonyl (C=O) groups is 1. The number of aromatic carboxylic acids is 1. The molecule has 2 N–H and O–H groups in total. The molecule has 0 aromatic carbocycles. The Labute approximate surface area is 116 Å². The van der Waals surface area contributed by atoms with Gasteiger partial charge >= 0.3 is 5.97 Å². The lowest BCUT2D eigenvalue weighted by atomic mass is 9.97. The van der Waals surface area contributed by atoms with Crippen molar-refractivity contribution in [1.29, 1.82) is 0 Å². The number of rotatable bonds is 4. The first kappa shape index (κ1) is 14.9. The molecular formula is C11H17N3O5S. The lowest BCUT2D eigenvalue weighted by molar-refractivity contribution is 0.0183. The molecule has 9 heteroatoms. The summed E-state index contributed by atoms with van der Waals surface area (Å²) >= 11 is 0. The van der Waals surface area contributed by atoms with E-state index in [9.17, 15) is 13.2 Å². The topological polar surface area (TPSA) is 113 Å². The molecule has 0 amide bonds. The molecule has 1 aliphatic rings. The van der Waals surface area contributed by atoms with Crippen molar-refractivity contribution in [2.24, 2.45) is 5.92 Å². The van der Waals surface area contributed by atoms with Gasteiger partial charge in [0.25, 0.3) is 10.0 Å². The minimum absolute atomic E-state index is 0.199. The summed E-state index contributed by atoms with van der Waals surface area (Å²) in [5.74, 6) is -1.07. The zero-order chi connectivity index (χ0) is 14.9. The number of nitrogens with zero attached hydrogens (tertiary/aromatic N) is 2. The molecular weight excluding hydrogens is 286 g/mol. The second-order valence-electron chi connectivity index (χ2n) is 4.82. The van der Waals surface area contributed by atoms with E-state index in [2.05, 4.69) is 10.2 Å². The molecule has 2 rings (SSSR count). The average molecular weight is 303 g/mol. The summed E-state index contributed by atoms with van der Waals surface area (Å²) in [6.45, 7) is 2.54. The monoisotopic (exact) mass is 303 g/mol. The van der Waals surface area contributed by atoms with Crippen LogP contribution in [0.25, 0.3) is 0 Å². The molecule has 1 aromatic heterocycles. The van der Waals surface area contributed by atoms with E-state index < -0.39 is 16.0 Å². The highest BCUT2D eigenvalue weighted by Gasteiger charge is 2.36. The first-order valence-corrected chi connectivity index (χ1v) is 7.61. The molecule has 112 valence electrons. The number of hydrogen-bond donors (Lipinski definition) is 2. The maximum atomic E-state index is 12.5. The quantitative estimate of drug-likeness (QED) is 0.819. The zero-order valence-corrected chi connectivity index (χ0v) is 12.1. The van der Waals surface area contributed by atoms with Crippen molar-refractivity contribution in [1.82, 2.24) is 14.5 Å². The smallest absolute Gasteiger partial charge is 0.340 e.